The van der Waals surface area contributed by atoms with Crippen LogP contribution in [0.5, 0.6) is 0 Å². The first-order chi connectivity index (χ1) is 6.11. The van der Waals surface area contributed by atoms with Crippen LogP contribution in [-0.2, 0) is 4.79 Å². The van der Waals surface area contributed by atoms with E-state index in [4.69, 9.17) is 5.73 Å². The number of hydrogen-bond acceptors (Lipinski definition) is 3. The molecule has 1 atom stereocenters. The summed E-state index contributed by atoms with van der Waals surface area (Å²) in [5.41, 5.74) is 5.31. The van der Waals surface area contributed by atoms with Gasteiger partial charge in [-0.15, -0.1) is 0 Å². The van der Waals surface area contributed by atoms with Gasteiger partial charge in [0.25, 0.3) is 0 Å². The number of hydrogen-bond donors (Lipinski definition) is 2. The summed E-state index contributed by atoms with van der Waals surface area (Å²) in [5, 5.41) is 3.18. The summed E-state index contributed by atoms with van der Waals surface area (Å²) in [6, 6.07) is -0.115. The third-order valence-corrected chi connectivity index (χ3v) is 2.28. The van der Waals surface area contributed by atoms with Crippen LogP contribution in [0.4, 0.5) is 0 Å². The Morgan fingerprint density at radius 2 is 2.38 bits per heavy atom. The molecule has 0 bridgehead atoms. The molecule has 0 aromatic rings. The van der Waals surface area contributed by atoms with Gasteiger partial charge in [-0.05, 0) is 5.92 Å². The summed E-state index contributed by atoms with van der Waals surface area (Å²) in [6.45, 7) is 7.83. The number of piperazine rings is 1. The van der Waals surface area contributed by atoms with Gasteiger partial charge in [0.2, 0.25) is 5.91 Å². The van der Waals surface area contributed by atoms with Crippen LogP contribution in [0.2, 0.25) is 0 Å². The largest absolute Gasteiger partial charge is 0.368 e. The molecule has 13 heavy (non-hydrogen) atoms. The molecule has 1 heterocycles. The average molecular weight is 185 g/mol. The summed E-state index contributed by atoms with van der Waals surface area (Å²) in [4.78, 5) is 13.3. The van der Waals surface area contributed by atoms with Crippen LogP contribution in [0.15, 0.2) is 0 Å². The summed E-state index contributed by atoms with van der Waals surface area (Å²) in [5.74, 6) is 0.368. The SMILES string of the molecule is CC(C)CN1CCNCC1C(N)=O. The zero-order valence-corrected chi connectivity index (χ0v) is 8.42. The standard InChI is InChI=1S/C9H19N3O/c1-7(2)6-12-4-3-11-5-8(12)9(10)13/h7-8,11H,3-6H2,1-2H3,(H2,10,13). The van der Waals surface area contributed by atoms with Gasteiger partial charge in [-0.2, -0.15) is 0 Å². The molecule has 0 aliphatic carbocycles. The maximum absolute atomic E-state index is 11.1. The molecule has 0 radical (unpaired) electrons. The fourth-order valence-electron chi connectivity index (χ4n) is 1.71. The molecule has 0 saturated carbocycles. The van der Waals surface area contributed by atoms with E-state index in [1.54, 1.807) is 0 Å². The van der Waals surface area contributed by atoms with Crippen LogP contribution in [-0.4, -0.2) is 43.0 Å². The van der Waals surface area contributed by atoms with Gasteiger partial charge in [0, 0.05) is 26.2 Å². The Bertz CT molecular complexity index is 182. The minimum Gasteiger partial charge on any atom is -0.368 e. The van der Waals surface area contributed by atoms with Crippen molar-refractivity contribution in [3.63, 3.8) is 0 Å². The molecule has 76 valence electrons. The van der Waals surface area contributed by atoms with E-state index in [1.165, 1.54) is 0 Å². The number of nitrogens with two attached hydrogens (primary N) is 1. The highest BCUT2D eigenvalue weighted by molar-refractivity contribution is 5.80. The monoisotopic (exact) mass is 185 g/mol. The summed E-state index contributed by atoms with van der Waals surface area (Å²) in [7, 11) is 0. The zero-order chi connectivity index (χ0) is 9.84. The van der Waals surface area contributed by atoms with Crippen molar-refractivity contribution < 1.29 is 4.79 Å². The zero-order valence-electron chi connectivity index (χ0n) is 8.42. The van der Waals surface area contributed by atoms with Gasteiger partial charge >= 0.3 is 0 Å². The third-order valence-electron chi connectivity index (χ3n) is 2.28. The van der Waals surface area contributed by atoms with Crippen LogP contribution >= 0.6 is 0 Å². The van der Waals surface area contributed by atoms with Gasteiger partial charge in [-0.25, -0.2) is 0 Å². The quantitative estimate of drug-likeness (QED) is 0.617. The van der Waals surface area contributed by atoms with E-state index < -0.39 is 0 Å². The average Bonchev–Trinajstić information content (AvgIpc) is 2.03. The molecule has 1 unspecified atom stereocenters. The van der Waals surface area contributed by atoms with Crippen molar-refractivity contribution in [3.8, 4) is 0 Å². The Hall–Kier alpha value is -0.610. The maximum Gasteiger partial charge on any atom is 0.236 e. The fraction of sp³-hybridized carbons (Fsp3) is 0.889. The smallest absolute Gasteiger partial charge is 0.236 e. The molecule has 1 amide bonds. The second kappa shape index (κ2) is 4.58. The molecule has 0 spiro atoms. The van der Waals surface area contributed by atoms with Crippen molar-refractivity contribution >= 4 is 5.91 Å². The van der Waals surface area contributed by atoms with Crippen molar-refractivity contribution in [2.24, 2.45) is 11.7 Å². The number of primary amides is 1. The van der Waals surface area contributed by atoms with Gasteiger partial charge in [0.15, 0.2) is 0 Å². The lowest BCUT2D eigenvalue weighted by atomic mass is 10.1. The van der Waals surface area contributed by atoms with E-state index in [0.717, 1.165) is 19.6 Å². The van der Waals surface area contributed by atoms with E-state index in [0.29, 0.717) is 12.5 Å². The first-order valence-corrected chi connectivity index (χ1v) is 4.85. The lowest BCUT2D eigenvalue weighted by Gasteiger charge is -2.35. The Balaban J connectivity index is 2.51. The van der Waals surface area contributed by atoms with E-state index in [9.17, 15) is 4.79 Å². The second-order valence-electron chi connectivity index (χ2n) is 4.01. The Morgan fingerprint density at radius 1 is 1.69 bits per heavy atom. The van der Waals surface area contributed by atoms with Crippen LogP contribution in [0.25, 0.3) is 0 Å². The molecule has 4 nitrogen and oxygen atoms in total. The first-order valence-electron chi connectivity index (χ1n) is 4.85. The highest BCUT2D eigenvalue weighted by Gasteiger charge is 2.26. The summed E-state index contributed by atoms with van der Waals surface area (Å²) in [6.07, 6.45) is 0. The third kappa shape index (κ3) is 2.97. The van der Waals surface area contributed by atoms with Crippen molar-refractivity contribution in [3.05, 3.63) is 0 Å². The van der Waals surface area contributed by atoms with Gasteiger partial charge in [-0.1, -0.05) is 13.8 Å². The highest BCUT2D eigenvalue weighted by Crippen LogP contribution is 2.06. The maximum atomic E-state index is 11.1. The molecule has 4 heteroatoms. The van der Waals surface area contributed by atoms with E-state index in [-0.39, 0.29) is 11.9 Å². The number of nitrogens with one attached hydrogen (secondary N) is 1. The summed E-state index contributed by atoms with van der Waals surface area (Å²) >= 11 is 0. The van der Waals surface area contributed by atoms with Crippen LogP contribution in [0.1, 0.15) is 13.8 Å². The molecular weight excluding hydrogens is 166 g/mol. The van der Waals surface area contributed by atoms with Crippen molar-refractivity contribution in [2.45, 2.75) is 19.9 Å². The molecule has 0 aromatic heterocycles. The summed E-state index contributed by atoms with van der Waals surface area (Å²) < 4.78 is 0. The Labute approximate surface area is 79.5 Å². The van der Waals surface area contributed by atoms with Crippen LogP contribution in [0, 0.1) is 5.92 Å². The Morgan fingerprint density at radius 3 is 2.92 bits per heavy atom. The molecule has 1 aliphatic rings. The minimum atomic E-state index is -0.215. The molecule has 1 rings (SSSR count). The predicted molar refractivity (Wildman–Crippen MR) is 52.3 cm³/mol. The van der Waals surface area contributed by atoms with Gasteiger partial charge in [-0.3, -0.25) is 9.69 Å². The van der Waals surface area contributed by atoms with Gasteiger partial charge < -0.3 is 11.1 Å². The number of carbonyl (C=O) groups is 1. The molecule has 1 aliphatic heterocycles. The lowest BCUT2D eigenvalue weighted by Crippen LogP contribution is -2.57. The number of nitrogens with zero attached hydrogens (tertiary/aromatic N) is 1. The Kier molecular flexibility index (Phi) is 3.69. The van der Waals surface area contributed by atoms with Crippen LogP contribution < -0.4 is 11.1 Å². The minimum absolute atomic E-state index is 0.115. The lowest BCUT2D eigenvalue weighted by molar-refractivity contribution is -0.124. The van der Waals surface area contributed by atoms with Gasteiger partial charge in [0.05, 0.1) is 0 Å². The molecule has 1 saturated heterocycles. The van der Waals surface area contributed by atoms with Crippen molar-refractivity contribution in [1.82, 2.24) is 10.2 Å². The van der Waals surface area contributed by atoms with E-state index >= 15 is 0 Å². The first kappa shape index (κ1) is 10.5. The van der Waals surface area contributed by atoms with Gasteiger partial charge in [0.1, 0.15) is 6.04 Å². The van der Waals surface area contributed by atoms with E-state index in [1.807, 2.05) is 0 Å². The molecule has 3 N–H and O–H groups in total. The highest BCUT2D eigenvalue weighted by atomic mass is 16.1. The molecule has 1 fully saturated rings. The predicted octanol–water partition coefficient (Wildman–Crippen LogP) is -0.598. The second-order valence-corrected chi connectivity index (χ2v) is 4.01. The number of carbonyl (C=O) groups excluding carboxylic acids is 1. The van der Waals surface area contributed by atoms with Crippen LogP contribution in [0.3, 0.4) is 0 Å². The number of amides is 1. The van der Waals surface area contributed by atoms with Crippen molar-refractivity contribution in [2.75, 3.05) is 26.2 Å². The van der Waals surface area contributed by atoms with Crippen molar-refractivity contribution in [1.29, 1.82) is 0 Å². The topological polar surface area (TPSA) is 58.4 Å². The molecular formula is C9H19N3O. The fourth-order valence-corrected chi connectivity index (χ4v) is 1.71. The molecule has 0 aromatic carbocycles. The normalized spacial score (nSPS) is 25.0. The number of rotatable bonds is 3. The van der Waals surface area contributed by atoms with E-state index in [2.05, 4.69) is 24.1 Å².